The minimum Gasteiger partial charge on any atom is -0.457 e. The SMILES string of the molecule is CN=CNC(=O)c1nccc(-c2ccc(Oc3ccc(F)cc3)cc2)n1.Cl. The van der Waals surface area contributed by atoms with E-state index in [0.29, 0.717) is 17.2 Å². The average Bonchev–Trinajstić information content (AvgIpc) is 2.68. The fraction of sp³-hybridized carbons (Fsp3) is 0.0526. The molecule has 0 radical (unpaired) electrons. The zero-order chi connectivity index (χ0) is 18.4. The first-order chi connectivity index (χ1) is 12.7. The number of halogens is 2. The number of amides is 1. The highest BCUT2D eigenvalue weighted by Gasteiger charge is 2.09. The quantitative estimate of drug-likeness (QED) is 0.533. The summed E-state index contributed by atoms with van der Waals surface area (Å²) in [5, 5.41) is 2.47. The van der Waals surface area contributed by atoms with Crippen molar-refractivity contribution in [3.8, 4) is 22.8 Å². The Morgan fingerprint density at radius 2 is 1.70 bits per heavy atom. The van der Waals surface area contributed by atoms with E-state index in [4.69, 9.17) is 4.74 Å². The van der Waals surface area contributed by atoms with E-state index in [-0.39, 0.29) is 24.0 Å². The summed E-state index contributed by atoms with van der Waals surface area (Å²) in [7, 11) is 1.55. The standard InChI is InChI=1S/C19H15FN4O2.ClH/c1-21-12-23-19(25)18-22-11-10-17(24-18)13-2-6-15(7-3-13)26-16-8-4-14(20)5-9-16;/h2-12H,1H3,(H,21,23,25);1H. The molecule has 27 heavy (non-hydrogen) atoms. The van der Waals surface area contributed by atoms with Crippen LogP contribution in [0.4, 0.5) is 4.39 Å². The van der Waals surface area contributed by atoms with E-state index in [0.717, 1.165) is 5.56 Å². The van der Waals surface area contributed by atoms with Gasteiger partial charge in [-0.05, 0) is 54.6 Å². The van der Waals surface area contributed by atoms with Gasteiger partial charge in [-0.15, -0.1) is 12.4 Å². The summed E-state index contributed by atoms with van der Waals surface area (Å²) in [5.74, 6) is 0.438. The summed E-state index contributed by atoms with van der Waals surface area (Å²) in [4.78, 5) is 23.8. The van der Waals surface area contributed by atoms with E-state index in [1.165, 1.54) is 24.7 Å². The number of nitrogens with zero attached hydrogens (tertiary/aromatic N) is 3. The molecule has 8 heteroatoms. The van der Waals surface area contributed by atoms with E-state index in [1.807, 2.05) is 12.1 Å². The number of nitrogens with one attached hydrogen (secondary N) is 1. The van der Waals surface area contributed by atoms with Gasteiger partial charge in [0.1, 0.15) is 17.3 Å². The van der Waals surface area contributed by atoms with Crippen LogP contribution in [-0.2, 0) is 0 Å². The first kappa shape index (κ1) is 20.0. The van der Waals surface area contributed by atoms with Crippen LogP contribution >= 0.6 is 12.4 Å². The molecule has 0 aliphatic rings. The predicted octanol–water partition coefficient (Wildman–Crippen LogP) is 3.88. The predicted molar refractivity (Wildman–Crippen MR) is 103 cm³/mol. The molecule has 1 N–H and O–H groups in total. The molecule has 138 valence electrons. The maximum Gasteiger partial charge on any atom is 0.294 e. The Balaban J connectivity index is 0.00000261. The Labute approximate surface area is 161 Å². The van der Waals surface area contributed by atoms with Crippen molar-refractivity contribution in [2.75, 3.05) is 7.05 Å². The molecule has 0 aliphatic carbocycles. The second-order valence-corrected chi connectivity index (χ2v) is 5.21. The molecule has 0 spiro atoms. The number of aliphatic imine (C=N–C) groups is 1. The van der Waals surface area contributed by atoms with Gasteiger partial charge in [-0.2, -0.15) is 0 Å². The van der Waals surface area contributed by atoms with Gasteiger partial charge in [-0.1, -0.05) is 0 Å². The molecule has 1 aromatic heterocycles. The van der Waals surface area contributed by atoms with Crippen LogP contribution in [0, 0.1) is 5.82 Å². The number of carbonyl (C=O) groups excluding carboxylic acids is 1. The average molecular weight is 387 g/mol. The maximum absolute atomic E-state index is 12.9. The molecule has 3 rings (SSSR count). The number of rotatable bonds is 5. The topological polar surface area (TPSA) is 76.5 Å². The Morgan fingerprint density at radius 1 is 1.07 bits per heavy atom. The first-order valence-electron chi connectivity index (χ1n) is 7.74. The third-order valence-electron chi connectivity index (χ3n) is 3.38. The molecule has 3 aromatic rings. The van der Waals surface area contributed by atoms with Crippen LogP contribution in [0.3, 0.4) is 0 Å². The van der Waals surface area contributed by atoms with Crippen LogP contribution < -0.4 is 10.1 Å². The summed E-state index contributed by atoms with van der Waals surface area (Å²) >= 11 is 0. The fourth-order valence-corrected chi connectivity index (χ4v) is 2.15. The van der Waals surface area contributed by atoms with Gasteiger partial charge in [-0.3, -0.25) is 9.79 Å². The van der Waals surface area contributed by atoms with Gasteiger partial charge in [0.2, 0.25) is 5.82 Å². The van der Waals surface area contributed by atoms with E-state index < -0.39 is 5.91 Å². The van der Waals surface area contributed by atoms with E-state index >= 15 is 0 Å². The number of hydrogen-bond acceptors (Lipinski definition) is 5. The van der Waals surface area contributed by atoms with Crippen molar-refractivity contribution < 1.29 is 13.9 Å². The fourth-order valence-electron chi connectivity index (χ4n) is 2.15. The summed E-state index contributed by atoms with van der Waals surface area (Å²) in [6, 6.07) is 14.7. The summed E-state index contributed by atoms with van der Waals surface area (Å²) in [6.45, 7) is 0. The van der Waals surface area contributed by atoms with E-state index in [9.17, 15) is 9.18 Å². The van der Waals surface area contributed by atoms with Gasteiger partial charge in [0.25, 0.3) is 5.91 Å². The highest BCUT2D eigenvalue weighted by atomic mass is 35.5. The minimum atomic E-state index is -0.436. The molecule has 0 saturated heterocycles. The molecule has 2 aromatic carbocycles. The van der Waals surface area contributed by atoms with Gasteiger partial charge in [-0.25, -0.2) is 14.4 Å². The third-order valence-corrected chi connectivity index (χ3v) is 3.38. The molecular formula is C19H16ClFN4O2. The molecule has 1 heterocycles. The molecule has 0 saturated carbocycles. The molecule has 1 amide bonds. The Hall–Kier alpha value is -3.32. The van der Waals surface area contributed by atoms with E-state index in [1.54, 1.807) is 37.4 Å². The van der Waals surface area contributed by atoms with Crippen molar-refractivity contribution >= 4 is 24.7 Å². The summed E-state index contributed by atoms with van der Waals surface area (Å²) < 4.78 is 18.6. The second kappa shape index (κ2) is 9.40. The Bertz CT molecular complexity index is 931. The van der Waals surface area contributed by atoms with Crippen LogP contribution in [0.1, 0.15) is 10.6 Å². The van der Waals surface area contributed by atoms with Crippen molar-refractivity contribution in [2.24, 2.45) is 4.99 Å². The van der Waals surface area contributed by atoms with Gasteiger partial charge in [0.15, 0.2) is 0 Å². The highest BCUT2D eigenvalue weighted by Crippen LogP contribution is 2.25. The maximum atomic E-state index is 12.9. The molecule has 0 bridgehead atoms. The first-order valence-corrected chi connectivity index (χ1v) is 7.74. The Morgan fingerprint density at radius 3 is 2.33 bits per heavy atom. The molecule has 0 unspecified atom stereocenters. The second-order valence-electron chi connectivity index (χ2n) is 5.21. The van der Waals surface area contributed by atoms with Crippen molar-refractivity contribution in [3.63, 3.8) is 0 Å². The van der Waals surface area contributed by atoms with Gasteiger partial charge in [0, 0.05) is 18.8 Å². The number of ether oxygens (including phenoxy) is 1. The summed E-state index contributed by atoms with van der Waals surface area (Å²) in [5.41, 5.74) is 1.41. The lowest BCUT2D eigenvalue weighted by Gasteiger charge is -2.07. The van der Waals surface area contributed by atoms with Crippen molar-refractivity contribution in [2.45, 2.75) is 0 Å². The van der Waals surface area contributed by atoms with Gasteiger partial charge in [0.05, 0.1) is 12.0 Å². The van der Waals surface area contributed by atoms with Gasteiger partial charge < -0.3 is 10.1 Å². The number of benzene rings is 2. The van der Waals surface area contributed by atoms with E-state index in [2.05, 4.69) is 20.3 Å². The molecule has 0 aliphatic heterocycles. The summed E-state index contributed by atoms with van der Waals surface area (Å²) in [6.07, 6.45) is 2.79. The van der Waals surface area contributed by atoms with Gasteiger partial charge >= 0.3 is 0 Å². The lowest BCUT2D eigenvalue weighted by molar-refractivity contribution is 0.0968. The van der Waals surface area contributed by atoms with Crippen molar-refractivity contribution in [1.82, 2.24) is 15.3 Å². The van der Waals surface area contributed by atoms with Crippen molar-refractivity contribution in [1.29, 1.82) is 0 Å². The smallest absolute Gasteiger partial charge is 0.294 e. The van der Waals surface area contributed by atoms with Crippen LogP contribution in [-0.4, -0.2) is 29.3 Å². The molecule has 0 atom stereocenters. The normalized spacial score (nSPS) is 10.3. The van der Waals surface area contributed by atoms with Crippen LogP contribution in [0.15, 0.2) is 65.8 Å². The molecule has 0 fully saturated rings. The van der Waals surface area contributed by atoms with Crippen LogP contribution in [0.2, 0.25) is 0 Å². The van der Waals surface area contributed by atoms with Crippen molar-refractivity contribution in [3.05, 3.63) is 72.4 Å². The largest absolute Gasteiger partial charge is 0.457 e. The molecule has 6 nitrogen and oxygen atoms in total. The zero-order valence-corrected chi connectivity index (χ0v) is 15.1. The zero-order valence-electron chi connectivity index (χ0n) is 14.3. The number of hydrogen-bond donors (Lipinski definition) is 1. The molecular weight excluding hydrogens is 371 g/mol. The Kier molecular flexibility index (Phi) is 6.96. The highest BCUT2D eigenvalue weighted by molar-refractivity contribution is 5.98. The lowest BCUT2D eigenvalue weighted by atomic mass is 10.1. The lowest BCUT2D eigenvalue weighted by Crippen LogP contribution is -2.23. The number of aromatic nitrogens is 2. The van der Waals surface area contributed by atoms with Crippen LogP contribution in [0.5, 0.6) is 11.5 Å². The monoisotopic (exact) mass is 386 g/mol. The minimum absolute atomic E-state index is 0. The van der Waals surface area contributed by atoms with Crippen LogP contribution in [0.25, 0.3) is 11.3 Å². The third kappa shape index (κ3) is 5.32. The number of carbonyl (C=O) groups is 1.